The first-order valence-corrected chi connectivity index (χ1v) is 9.45. The van der Waals surface area contributed by atoms with Gasteiger partial charge in [0.15, 0.2) is 5.13 Å². The van der Waals surface area contributed by atoms with Crippen molar-refractivity contribution in [2.24, 2.45) is 0 Å². The van der Waals surface area contributed by atoms with Gasteiger partial charge in [-0.25, -0.2) is 4.98 Å². The van der Waals surface area contributed by atoms with Crippen LogP contribution in [0, 0.1) is 6.92 Å². The number of fused-ring (bicyclic) bond motifs is 1. The highest BCUT2D eigenvalue weighted by Crippen LogP contribution is 2.32. The Bertz CT molecular complexity index is 880. The highest BCUT2D eigenvalue weighted by molar-refractivity contribution is 7.22. The molecule has 2 atom stereocenters. The quantitative estimate of drug-likeness (QED) is 0.721. The molecule has 5 nitrogen and oxygen atoms in total. The summed E-state index contributed by atoms with van der Waals surface area (Å²) in [5, 5.41) is 14.4. The molecule has 0 radical (unpaired) electrons. The molecule has 0 unspecified atom stereocenters. The van der Waals surface area contributed by atoms with E-state index in [0.29, 0.717) is 0 Å². The number of nitrogens with zero attached hydrogens (tertiary/aromatic N) is 2. The van der Waals surface area contributed by atoms with Crippen LogP contribution in [0.2, 0.25) is 0 Å². The fraction of sp³-hybridized carbons (Fsp3) is 0.368. The van der Waals surface area contributed by atoms with Gasteiger partial charge in [0.1, 0.15) is 11.5 Å². The number of benzene rings is 1. The third kappa shape index (κ3) is 3.75. The Labute approximate surface area is 150 Å². The van der Waals surface area contributed by atoms with E-state index in [1.54, 1.807) is 17.5 Å². The molecule has 3 aromatic rings. The first-order chi connectivity index (χ1) is 12.2. The minimum atomic E-state index is -0.283. The minimum absolute atomic E-state index is 0.102. The predicted octanol–water partition coefficient (Wildman–Crippen LogP) is 4.51. The molecule has 1 aliphatic rings. The molecule has 1 aromatic carbocycles. The van der Waals surface area contributed by atoms with E-state index in [9.17, 15) is 5.11 Å². The van der Waals surface area contributed by atoms with E-state index in [2.05, 4.69) is 15.3 Å². The lowest BCUT2D eigenvalue weighted by Crippen LogP contribution is -2.36. The summed E-state index contributed by atoms with van der Waals surface area (Å²) >= 11 is 1.60. The maximum absolute atomic E-state index is 10.1. The summed E-state index contributed by atoms with van der Waals surface area (Å²) < 4.78 is 6.99. The first kappa shape index (κ1) is 16.3. The molecule has 2 N–H and O–H groups in total. The lowest BCUT2D eigenvalue weighted by molar-refractivity contribution is 0.116. The number of nitrogens with one attached hydrogen (secondary N) is 1. The van der Waals surface area contributed by atoms with Crippen LogP contribution in [0.1, 0.15) is 31.4 Å². The van der Waals surface area contributed by atoms with Gasteiger partial charge in [-0.1, -0.05) is 24.2 Å². The third-order valence-corrected chi connectivity index (χ3v) is 5.45. The van der Waals surface area contributed by atoms with Gasteiger partial charge in [-0.05, 0) is 38.0 Å². The van der Waals surface area contributed by atoms with E-state index in [0.717, 1.165) is 58.2 Å². The average Bonchev–Trinajstić information content (AvgIpc) is 2.99. The Kier molecular flexibility index (Phi) is 4.55. The summed E-state index contributed by atoms with van der Waals surface area (Å²) in [5.74, 6) is 1.56. The average molecular weight is 355 g/mol. The molecule has 1 aliphatic carbocycles. The first-order valence-electron chi connectivity index (χ1n) is 8.63. The zero-order chi connectivity index (χ0) is 17.2. The number of ether oxygens (including phenoxy) is 1. The minimum Gasteiger partial charge on any atom is -0.457 e. The van der Waals surface area contributed by atoms with E-state index in [1.165, 1.54) is 0 Å². The number of pyridine rings is 1. The molecule has 0 aliphatic heterocycles. The summed E-state index contributed by atoms with van der Waals surface area (Å²) in [5.41, 5.74) is 1.87. The van der Waals surface area contributed by atoms with Crippen molar-refractivity contribution in [3.63, 3.8) is 0 Å². The van der Waals surface area contributed by atoms with Gasteiger partial charge in [-0.3, -0.25) is 4.98 Å². The zero-order valence-corrected chi connectivity index (χ0v) is 14.9. The van der Waals surface area contributed by atoms with Gasteiger partial charge in [-0.15, -0.1) is 0 Å². The van der Waals surface area contributed by atoms with Crippen molar-refractivity contribution >= 4 is 26.7 Å². The zero-order valence-electron chi connectivity index (χ0n) is 14.1. The van der Waals surface area contributed by atoms with E-state index in [1.807, 2.05) is 37.3 Å². The van der Waals surface area contributed by atoms with Crippen LogP contribution in [-0.4, -0.2) is 27.2 Å². The van der Waals surface area contributed by atoms with Gasteiger partial charge < -0.3 is 15.2 Å². The van der Waals surface area contributed by atoms with Crippen molar-refractivity contribution in [3.05, 3.63) is 42.2 Å². The molecule has 2 aromatic heterocycles. The lowest BCUT2D eigenvalue weighted by Gasteiger charge is -2.27. The Hall–Kier alpha value is -2.18. The molecule has 1 saturated carbocycles. The van der Waals surface area contributed by atoms with Crippen molar-refractivity contribution in [1.29, 1.82) is 0 Å². The fourth-order valence-corrected chi connectivity index (χ4v) is 4.14. The standard InChI is InChI=1S/C19H21N3O2S/c1-12-10-14(8-9-20-12)24-13-6-7-16-18(11-13)25-19(22-16)21-15-4-2-3-5-17(15)23/h6-11,15,17,23H,2-5H2,1H3,(H,21,22)/t15-,17-/m1/s1. The second kappa shape index (κ2) is 6.98. The van der Waals surface area contributed by atoms with Gasteiger partial charge in [0, 0.05) is 24.0 Å². The highest BCUT2D eigenvalue weighted by atomic mass is 32.1. The fourth-order valence-electron chi connectivity index (χ4n) is 3.19. The molecule has 0 spiro atoms. The van der Waals surface area contributed by atoms with Gasteiger partial charge in [0.2, 0.25) is 0 Å². The van der Waals surface area contributed by atoms with Crippen LogP contribution in [0.5, 0.6) is 11.5 Å². The number of aliphatic hydroxyl groups is 1. The van der Waals surface area contributed by atoms with Crippen molar-refractivity contribution in [2.75, 3.05) is 5.32 Å². The van der Waals surface area contributed by atoms with E-state index in [4.69, 9.17) is 4.74 Å². The van der Waals surface area contributed by atoms with Crippen LogP contribution in [0.3, 0.4) is 0 Å². The third-order valence-electron chi connectivity index (χ3n) is 4.50. The SMILES string of the molecule is Cc1cc(Oc2ccc3nc(N[C@@H]4CCCC[C@H]4O)sc3c2)ccn1. The maximum atomic E-state index is 10.1. The van der Waals surface area contributed by atoms with E-state index in [-0.39, 0.29) is 12.1 Å². The largest absolute Gasteiger partial charge is 0.457 e. The maximum Gasteiger partial charge on any atom is 0.184 e. The Morgan fingerprint density at radius 2 is 2.00 bits per heavy atom. The Morgan fingerprint density at radius 1 is 1.16 bits per heavy atom. The highest BCUT2D eigenvalue weighted by Gasteiger charge is 2.23. The smallest absolute Gasteiger partial charge is 0.184 e. The molecule has 2 heterocycles. The number of hydrogen-bond acceptors (Lipinski definition) is 6. The van der Waals surface area contributed by atoms with Crippen molar-refractivity contribution < 1.29 is 9.84 Å². The summed E-state index contributed by atoms with van der Waals surface area (Å²) in [4.78, 5) is 8.81. The molecule has 4 rings (SSSR count). The molecule has 0 saturated heterocycles. The Balaban J connectivity index is 1.52. The molecule has 25 heavy (non-hydrogen) atoms. The molecule has 0 bridgehead atoms. The summed E-state index contributed by atoms with van der Waals surface area (Å²) in [6, 6.07) is 9.76. The molecular weight excluding hydrogens is 334 g/mol. The monoisotopic (exact) mass is 355 g/mol. The van der Waals surface area contributed by atoms with Gasteiger partial charge in [0.05, 0.1) is 22.4 Å². The second-order valence-corrected chi connectivity index (χ2v) is 7.52. The van der Waals surface area contributed by atoms with Crippen LogP contribution in [-0.2, 0) is 0 Å². The number of anilines is 1. The van der Waals surface area contributed by atoms with Crippen LogP contribution in [0.25, 0.3) is 10.2 Å². The van der Waals surface area contributed by atoms with Gasteiger partial charge >= 0.3 is 0 Å². The molecule has 130 valence electrons. The number of thiazole rings is 1. The van der Waals surface area contributed by atoms with Crippen LogP contribution < -0.4 is 10.1 Å². The second-order valence-electron chi connectivity index (χ2n) is 6.49. The molecule has 6 heteroatoms. The summed E-state index contributed by atoms with van der Waals surface area (Å²) in [7, 11) is 0. The number of aliphatic hydroxyl groups excluding tert-OH is 1. The predicted molar refractivity (Wildman–Crippen MR) is 101 cm³/mol. The summed E-state index contributed by atoms with van der Waals surface area (Å²) in [6.07, 6.45) is 5.58. The Morgan fingerprint density at radius 3 is 2.84 bits per heavy atom. The van der Waals surface area contributed by atoms with Crippen LogP contribution in [0.4, 0.5) is 5.13 Å². The number of aryl methyl sites for hydroxylation is 1. The molecule has 1 fully saturated rings. The molecular formula is C19H21N3O2S. The lowest BCUT2D eigenvalue weighted by atomic mass is 9.93. The van der Waals surface area contributed by atoms with Gasteiger partial charge in [-0.2, -0.15) is 0 Å². The topological polar surface area (TPSA) is 67.3 Å². The van der Waals surface area contributed by atoms with Gasteiger partial charge in [0.25, 0.3) is 0 Å². The normalized spacial score (nSPS) is 20.6. The summed E-state index contributed by atoms with van der Waals surface area (Å²) in [6.45, 7) is 1.94. The molecule has 0 amide bonds. The van der Waals surface area contributed by atoms with Crippen molar-refractivity contribution in [2.45, 2.75) is 44.8 Å². The van der Waals surface area contributed by atoms with Crippen LogP contribution in [0.15, 0.2) is 36.5 Å². The number of rotatable bonds is 4. The van der Waals surface area contributed by atoms with E-state index < -0.39 is 0 Å². The van der Waals surface area contributed by atoms with Crippen LogP contribution >= 0.6 is 11.3 Å². The number of aromatic nitrogens is 2. The van der Waals surface area contributed by atoms with Crippen molar-refractivity contribution in [1.82, 2.24) is 9.97 Å². The van der Waals surface area contributed by atoms with Crippen molar-refractivity contribution in [3.8, 4) is 11.5 Å². The number of hydrogen-bond donors (Lipinski definition) is 2. The van der Waals surface area contributed by atoms with E-state index >= 15 is 0 Å².